The van der Waals surface area contributed by atoms with E-state index in [0.717, 1.165) is 12.1 Å². The Morgan fingerprint density at radius 1 is 1.45 bits per heavy atom. The van der Waals surface area contributed by atoms with Gasteiger partial charge in [0.05, 0.1) is 6.20 Å². The van der Waals surface area contributed by atoms with Crippen molar-refractivity contribution in [2.75, 3.05) is 11.9 Å². The first kappa shape index (κ1) is 16.5. The summed E-state index contributed by atoms with van der Waals surface area (Å²) in [6.45, 7) is 11.4. The molecular formula is C14H26N4O2. The smallest absolute Gasteiger partial charge is 0.413 e. The van der Waals surface area contributed by atoms with Crippen LogP contribution in [0.1, 0.15) is 40.2 Å². The van der Waals surface area contributed by atoms with Gasteiger partial charge in [0.25, 0.3) is 0 Å². The number of rotatable bonds is 5. The van der Waals surface area contributed by atoms with Gasteiger partial charge in [0.2, 0.25) is 0 Å². The molecule has 0 radical (unpaired) electrons. The molecule has 1 aromatic rings. The Hall–Kier alpha value is -1.56. The fourth-order valence-corrected chi connectivity index (χ4v) is 1.67. The Bertz CT molecular complexity index is 447. The standard InChI is InChI=1S/C14H26N4O2/c1-10(2)7-15-8-11-9-16-18(6)12(11)17-13(19)20-14(3,4)5/h9-10,15H,7-8H2,1-6H3,(H,17,19). The molecule has 114 valence electrons. The van der Waals surface area contributed by atoms with E-state index >= 15 is 0 Å². The quantitative estimate of drug-likeness (QED) is 0.870. The van der Waals surface area contributed by atoms with Crippen molar-refractivity contribution in [3.63, 3.8) is 0 Å². The highest BCUT2D eigenvalue weighted by Crippen LogP contribution is 2.16. The number of nitrogens with zero attached hydrogens (tertiary/aromatic N) is 2. The molecule has 0 aliphatic rings. The van der Waals surface area contributed by atoms with E-state index in [1.165, 1.54) is 0 Å². The molecule has 6 nitrogen and oxygen atoms in total. The number of anilines is 1. The first-order valence-electron chi connectivity index (χ1n) is 6.90. The average Bonchev–Trinajstić information content (AvgIpc) is 2.58. The van der Waals surface area contributed by atoms with Crippen molar-refractivity contribution in [2.45, 2.75) is 46.8 Å². The zero-order valence-electron chi connectivity index (χ0n) is 13.3. The van der Waals surface area contributed by atoms with Crippen molar-refractivity contribution >= 4 is 11.9 Å². The van der Waals surface area contributed by atoms with E-state index in [0.29, 0.717) is 18.3 Å². The second kappa shape index (κ2) is 6.74. The summed E-state index contributed by atoms with van der Waals surface area (Å²) in [5, 5.41) is 10.3. The summed E-state index contributed by atoms with van der Waals surface area (Å²) < 4.78 is 6.89. The topological polar surface area (TPSA) is 68.2 Å². The molecule has 2 N–H and O–H groups in total. The van der Waals surface area contributed by atoms with E-state index in [-0.39, 0.29) is 0 Å². The summed E-state index contributed by atoms with van der Waals surface area (Å²) in [5.41, 5.74) is 0.428. The Labute approximate surface area is 120 Å². The van der Waals surface area contributed by atoms with Gasteiger partial charge in [-0.1, -0.05) is 13.8 Å². The van der Waals surface area contributed by atoms with E-state index in [1.54, 1.807) is 17.9 Å². The predicted molar refractivity (Wildman–Crippen MR) is 79.6 cm³/mol. The van der Waals surface area contributed by atoms with Crippen LogP contribution in [0, 0.1) is 5.92 Å². The Morgan fingerprint density at radius 2 is 2.10 bits per heavy atom. The molecule has 0 saturated heterocycles. The number of amides is 1. The number of hydrogen-bond donors (Lipinski definition) is 2. The third-order valence-electron chi connectivity index (χ3n) is 2.50. The highest BCUT2D eigenvalue weighted by Gasteiger charge is 2.18. The fraction of sp³-hybridized carbons (Fsp3) is 0.714. The minimum absolute atomic E-state index is 0.466. The van der Waals surface area contributed by atoms with Crippen molar-refractivity contribution < 1.29 is 9.53 Å². The average molecular weight is 282 g/mol. The third kappa shape index (κ3) is 5.61. The van der Waals surface area contributed by atoms with Gasteiger partial charge in [-0.05, 0) is 33.2 Å². The molecule has 1 amide bonds. The number of nitrogens with one attached hydrogen (secondary N) is 2. The lowest BCUT2D eigenvalue weighted by atomic mass is 10.2. The van der Waals surface area contributed by atoms with E-state index in [1.807, 2.05) is 20.8 Å². The van der Waals surface area contributed by atoms with Gasteiger partial charge in [-0.2, -0.15) is 5.10 Å². The summed E-state index contributed by atoms with van der Waals surface area (Å²) in [6.07, 6.45) is 1.28. The van der Waals surface area contributed by atoms with Crippen molar-refractivity contribution in [1.29, 1.82) is 0 Å². The monoisotopic (exact) mass is 282 g/mol. The number of carbonyl (C=O) groups excluding carboxylic acids is 1. The number of carbonyl (C=O) groups is 1. The summed E-state index contributed by atoms with van der Waals surface area (Å²) in [7, 11) is 1.79. The van der Waals surface area contributed by atoms with Gasteiger partial charge >= 0.3 is 6.09 Å². The van der Waals surface area contributed by atoms with Crippen LogP contribution in [0.3, 0.4) is 0 Å². The largest absolute Gasteiger partial charge is 0.444 e. The lowest BCUT2D eigenvalue weighted by Crippen LogP contribution is -2.28. The Balaban J connectivity index is 2.65. The van der Waals surface area contributed by atoms with Gasteiger partial charge in [-0.25, -0.2) is 4.79 Å². The second-order valence-electron chi connectivity index (χ2n) is 6.29. The third-order valence-corrected chi connectivity index (χ3v) is 2.50. The maximum absolute atomic E-state index is 11.8. The Kier molecular flexibility index (Phi) is 5.56. The second-order valence-corrected chi connectivity index (χ2v) is 6.29. The minimum Gasteiger partial charge on any atom is -0.444 e. The molecule has 1 heterocycles. The lowest BCUT2D eigenvalue weighted by molar-refractivity contribution is 0.0634. The van der Waals surface area contributed by atoms with Crippen molar-refractivity contribution in [3.05, 3.63) is 11.8 Å². The molecule has 1 rings (SSSR count). The fourth-order valence-electron chi connectivity index (χ4n) is 1.67. The zero-order valence-corrected chi connectivity index (χ0v) is 13.3. The van der Waals surface area contributed by atoms with Crippen molar-refractivity contribution in [1.82, 2.24) is 15.1 Å². The van der Waals surface area contributed by atoms with Gasteiger partial charge in [-0.3, -0.25) is 10.00 Å². The molecule has 0 bridgehead atoms. The summed E-state index contributed by atoms with van der Waals surface area (Å²) >= 11 is 0. The van der Waals surface area contributed by atoms with Gasteiger partial charge in [0.1, 0.15) is 11.4 Å². The lowest BCUT2D eigenvalue weighted by Gasteiger charge is -2.20. The van der Waals surface area contributed by atoms with Gasteiger partial charge in [0.15, 0.2) is 0 Å². The first-order chi connectivity index (χ1) is 9.19. The Morgan fingerprint density at radius 3 is 2.65 bits per heavy atom. The molecule has 1 aromatic heterocycles. The summed E-state index contributed by atoms with van der Waals surface area (Å²) in [6, 6.07) is 0. The van der Waals surface area contributed by atoms with Crippen molar-refractivity contribution in [3.8, 4) is 0 Å². The zero-order chi connectivity index (χ0) is 15.3. The molecule has 0 saturated carbocycles. The van der Waals surface area contributed by atoms with Crippen LogP contribution in [-0.2, 0) is 18.3 Å². The molecule has 0 atom stereocenters. The molecule has 0 fully saturated rings. The molecule has 0 spiro atoms. The molecule has 6 heteroatoms. The molecule has 0 aliphatic carbocycles. The van der Waals surface area contributed by atoms with E-state index in [4.69, 9.17) is 4.74 Å². The number of ether oxygens (including phenoxy) is 1. The van der Waals surface area contributed by atoms with Crippen LogP contribution in [0.25, 0.3) is 0 Å². The van der Waals surface area contributed by atoms with Gasteiger partial charge < -0.3 is 10.1 Å². The number of aryl methyl sites for hydroxylation is 1. The number of hydrogen-bond acceptors (Lipinski definition) is 4. The normalized spacial score (nSPS) is 11.8. The maximum atomic E-state index is 11.8. The molecular weight excluding hydrogens is 256 g/mol. The highest BCUT2D eigenvalue weighted by molar-refractivity contribution is 5.84. The van der Waals surface area contributed by atoms with Gasteiger partial charge in [-0.15, -0.1) is 0 Å². The minimum atomic E-state index is -0.515. The van der Waals surface area contributed by atoms with Gasteiger partial charge in [0, 0.05) is 19.2 Å². The van der Waals surface area contributed by atoms with Crippen LogP contribution >= 0.6 is 0 Å². The van der Waals surface area contributed by atoms with E-state index in [9.17, 15) is 4.79 Å². The molecule has 0 unspecified atom stereocenters. The predicted octanol–water partition coefficient (Wildman–Crippen LogP) is 2.51. The van der Waals surface area contributed by atoms with Crippen LogP contribution in [0.5, 0.6) is 0 Å². The van der Waals surface area contributed by atoms with E-state index < -0.39 is 11.7 Å². The van der Waals surface area contributed by atoms with Crippen LogP contribution in [0.4, 0.5) is 10.6 Å². The summed E-state index contributed by atoms with van der Waals surface area (Å²) in [5.74, 6) is 1.24. The van der Waals surface area contributed by atoms with Crippen LogP contribution in [0.15, 0.2) is 6.20 Å². The van der Waals surface area contributed by atoms with Crippen LogP contribution in [0.2, 0.25) is 0 Å². The molecule has 0 aromatic carbocycles. The molecule has 20 heavy (non-hydrogen) atoms. The molecule has 0 aliphatic heterocycles. The van der Waals surface area contributed by atoms with E-state index in [2.05, 4.69) is 29.6 Å². The first-order valence-corrected chi connectivity index (χ1v) is 6.90. The van der Waals surface area contributed by atoms with Crippen LogP contribution < -0.4 is 10.6 Å². The van der Waals surface area contributed by atoms with Crippen LogP contribution in [-0.4, -0.2) is 28.0 Å². The van der Waals surface area contributed by atoms with Crippen molar-refractivity contribution in [2.24, 2.45) is 13.0 Å². The highest BCUT2D eigenvalue weighted by atomic mass is 16.6. The SMILES string of the molecule is CC(C)CNCc1cnn(C)c1NC(=O)OC(C)(C)C. The number of aromatic nitrogens is 2. The maximum Gasteiger partial charge on any atom is 0.413 e. The summed E-state index contributed by atoms with van der Waals surface area (Å²) in [4.78, 5) is 11.8.